The normalized spacial score (nSPS) is 19.5. The number of hydrogen-bond acceptors (Lipinski definition) is 2. The molecule has 0 atom stereocenters. The maximum atomic E-state index is 14.1. The molecule has 0 bridgehead atoms. The van der Waals surface area contributed by atoms with Crippen LogP contribution >= 0.6 is 0 Å². The Bertz CT molecular complexity index is 523. The zero-order valence-electron chi connectivity index (χ0n) is 18.2. The van der Waals surface area contributed by atoms with E-state index in [0.717, 1.165) is 37.5 Å². The van der Waals surface area contributed by atoms with Crippen LogP contribution in [0.15, 0.2) is 18.2 Å². The van der Waals surface area contributed by atoms with Gasteiger partial charge in [-0.15, -0.1) is 0 Å². The van der Waals surface area contributed by atoms with Gasteiger partial charge in [-0.2, -0.15) is 0 Å². The number of unbranched alkanes of at least 4 members (excludes halogenated alkanes) is 4. The van der Waals surface area contributed by atoms with Crippen LogP contribution in [0.25, 0.3) is 0 Å². The Morgan fingerprint density at radius 3 is 2.04 bits per heavy atom. The zero-order valence-corrected chi connectivity index (χ0v) is 18.2. The molecule has 0 amide bonds. The Kier molecular flexibility index (Phi) is 11.4. The average molecular weight is 393 g/mol. The molecule has 2 rings (SSSR count). The van der Waals surface area contributed by atoms with E-state index >= 15 is 0 Å². The minimum Gasteiger partial charge on any atom is -0.493 e. The molecule has 0 aromatic heterocycles. The lowest BCUT2D eigenvalue weighted by Gasteiger charge is -2.28. The lowest BCUT2D eigenvalue weighted by molar-refractivity contribution is 0.227. The van der Waals surface area contributed by atoms with Crippen molar-refractivity contribution in [2.75, 3.05) is 13.2 Å². The number of hydrogen-bond donors (Lipinski definition) is 0. The molecule has 3 heteroatoms. The molecule has 1 aromatic rings. The number of rotatable bonds is 14. The number of benzene rings is 1. The van der Waals surface area contributed by atoms with E-state index in [9.17, 15) is 4.39 Å². The van der Waals surface area contributed by atoms with Gasteiger partial charge in [0.2, 0.25) is 0 Å². The number of ether oxygens (including phenoxy) is 2. The third-order valence-electron chi connectivity index (χ3n) is 6.12. The Balaban J connectivity index is 1.58. The first-order valence-electron chi connectivity index (χ1n) is 11.8. The van der Waals surface area contributed by atoms with Crippen LogP contribution in [0.2, 0.25) is 0 Å². The quantitative estimate of drug-likeness (QED) is 0.299. The first kappa shape index (κ1) is 23.0. The molecule has 0 saturated heterocycles. The molecule has 2 nitrogen and oxygen atoms in total. The van der Waals surface area contributed by atoms with Crippen molar-refractivity contribution in [3.8, 4) is 11.5 Å². The van der Waals surface area contributed by atoms with Gasteiger partial charge < -0.3 is 9.47 Å². The molecule has 0 aliphatic heterocycles. The van der Waals surface area contributed by atoms with E-state index in [-0.39, 0.29) is 5.82 Å². The molecule has 1 aliphatic rings. The van der Waals surface area contributed by atoms with Crippen molar-refractivity contribution in [2.24, 2.45) is 11.8 Å². The van der Waals surface area contributed by atoms with E-state index in [0.29, 0.717) is 24.7 Å². The Morgan fingerprint density at radius 1 is 0.786 bits per heavy atom. The summed E-state index contributed by atoms with van der Waals surface area (Å²) in [7, 11) is 0. The molecular formula is C25H41FO2. The standard InChI is InChI=1S/C25H41FO2/c1-3-5-7-10-21-12-14-22(15-13-21)11-9-19-27-23-16-17-25(24(26)20-23)28-18-8-6-4-2/h16-17,20-22H,3-15,18-19H2,1-2H3. The molecule has 0 N–H and O–H groups in total. The summed E-state index contributed by atoms with van der Waals surface area (Å²) in [5, 5.41) is 0. The second kappa shape index (κ2) is 13.8. The summed E-state index contributed by atoms with van der Waals surface area (Å²) in [5.74, 6) is 2.46. The highest BCUT2D eigenvalue weighted by atomic mass is 19.1. The van der Waals surface area contributed by atoms with Gasteiger partial charge in [-0.1, -0.05) is 78.1 Å². The third-order valence-corrected chi connectivity index (χ3v) is 6.12. The fourth-order valence-corrected chi connectivity index (χ4v) is 4.28. The molecule has 1 aromatic carbocycles. The molecule has 1 aliphatic carbocycles. The highest BCUT2D eigenvalue weighted by molar-refractivity contribution is 5.33. The minimum atomic E-state index is -0.324. The predicted molar refractivity (Wildman–Crippen MR) is 116 cm³/mol. The molecule has 0 heterocycles. The van der Waals surface area contributed by atoms with E-state index in [2.05, 4.69) is 13.8 Å². The third kappa shape index (κ3) is 8.84. The second-order valence-electron chi connectivity index (χ2n) is 8.52. The van der Waals surface area contributed by atoms with Crippen LogP contribution in [0.3, 0.4) is 0 Å². The smallest absolute Gasteiger partial charge is 0.168 e. The fraction of sp³-hybridized carbons (Fsp3) is 0.760. The Morgan fingerprint density at radius 2 is 1.39 bits per heavy atom. The lowest BCUT2D eigenvalue weighted by atomic mass is 9.78. The van der Waals surface area contributed by atoms with E-state index in [1.165, 1.54) is 63.9 Å². The van der Waals surface area contributed by atoms with Gasteiger partial charge in [0.1, 0.15) is 5.75 Å². The van der Waals surface area contributed by atoms with Crippen molar-refractivity contribution in [3.05, 3.63) is 24.0 Å². The van der Waals surface area contributed by atoms with E-state index < -0.39 is 0 Å². The van der Waals surface area contributed by atoms with Crippen molar-refractivity contribution in [3.63, 3.8) is 0 Å². The van der Waals surface area contributed by atoms with Crippen LogP contribution in [0.4, 0.5) is 4.39 Å². The highest BCUT2D eigenvalue weighted by Gasteiger charge is 2.20. The summed E-state index contributed by atoms with van der Waals surface area (Å²) in [6, 6.07) is 4.97. The second-order valence-corrected chi connectivity index (χ2v) is 8.52. The summed E-state index contributed by atoms with van der Waals surface area (Å²) in [6.45, 7) is 5.68. The molecule has 0 spiro atoms. The van der Waals surface area contributed by atoms with Crippen molar-refractivity contribution >= 4 is 0 Å². The summed E-state index contributed by atoms with van der Waals surface area (Å²) in [6.07, 6.45) is 16.7. The maximum Gasteiger partial charge on any atom is 0.168 e. The Labute approximate surface area is 172 Å². The highest BCUT2D eigenvalue weighted by Crippen LogP contribution is 2.34. The first-order chi connectivity index (χ1) is 13.7. The monoisotopic (exact) mass is 392 g/mol. The van der Waals surface area contributed by atoms with Gasteiger partial charge >= 0.3 is 0 Å². The first-order valence-corrected chi connectivity index (χ1v) is 11.8. The summed E-state index contributed by atoms with van der Waals surface area (Å²) in [4.78, 5) is 0. The van der Waals surface area contributed by atoms with Crippen LogP contribution in [-0.4, -0.2) is 13.2 Å². The van der Waals surface area contributed by atoms with Gasteiger partial charge in [0.05, 0.1) is 13.2 Å². The molecular weight excluding hydrogens is 351 g/mol. The van der Waals surface area contributed by atoms with Gasteiger partial charge in [0.15, 0.2) is 11.6 Å². The van der Waals surface area contributed by atoms with Gasteiger partial charge in [0.25, 0.3) is 0 Å². The predicted octanol–water partition coefficient (Wildman–Crippen LogP) is 7.94. The Hall–Kier alpha value is -1.25. The van der Waals surface area contributed by atoms with E-state index in [1.54, 1.807) is 6.07 Å². The van der Waals surface area contributed by atoms with Gasteiger partial charge in [-0.3, -0.25) is 0 Å². The fourth-order valence-electron chi connectivity index (χ4n) is 4.28. The van der Waals surface area contributed by atoms with Crippen LogP contribution in [0.5, 0.6) is 11.5 Å². The van der Waals surface area contributed by atoms with Gasteiger partial charge in [-0.05, 0) is 43.2 Å². The molecule has 1 saturated carbocycles. The van der Waals surface area contributed by atoms with Crippen LogP contribution < -0.4 is 9.47 Å². The minimum absolute atomic E-state index is 0.324. The molecule has 0 radical (unpaired) electrons. The lowest BCUT2D eigenvalue weighted by Crippen LogP contribution is -2.15. The summed E-state index contributed by atoms with van der Waals surface area (Å²) in [5.41, 5.74) is 0. The summed E-state index contributed by atoms with van der Waals surface area (Å²) < 4.78 is 25.4. The molecule has 160 valence electrons. The van der Waals surface area contributed by atoms with Crippen molar-refractivity contribution in [2.45, 2.75) is 97.3 Å². The largest absolute Gasteiger partial charge is 0.493 e. The topological polar surface area (TPSA) is 18.5 Å². The van der Waals surface area contributed by atoms with Crippen molar-refractivity contribution in [1.82, 2.24) is 0 Å². The van der Waals surface area contributed by atoms with Crippen molar-refractivity contribution in [1.29, 1.82) is 0 Å². The van der Waals surface area contributed by atoms with Crippen LogP contribution in [0.1, 0.15) is 97.3 Å². The maximum absolute atomic E-state index is 14.1. The SMILES string of the molecule is CCCCCOc1ccc(OCCCC2CCC(CCCCC)CC2)cc1F. The van der Waals surface area contributed by atoms with E-state index in [4.69, 9.17) is 9.47 Å². The van der Waals surface area contributed by atoms with Crippen LogP contribution in [-0.2, 0) is 0 Å². The zero-order chi connectivity index (χ0) is 20.0. The van der Waals surface area contributed by atoms with Gasteiger partial charge in [0, 0.05) is 6.07 Å². The number of halogens is 1. The molecule has 0 unspecified atom stereocenters. The van der Waals surface area contributed by atoms with Gasteiger partial charge in [-0.25, -0.2) is 4.39 Å². The van der Waals surface area contributed by atoms with E-state index in [1.807, 2.05) is 6.07 Å². The molecule has 28 heavy (non-hydrogen) atoms. The van der Waals surface area contributed by atoms with Crippen molar-refractivity contribution < 1.29 is 13.9 Å². The average Bonchev–Trinajstić information content (AvgIpc) is 2.71. The summed E-state index contributed by atoms with van der Waals surface area (Å²) >= 11 is 0. The van der Waals surface area contributed by atoms with Crippen LogP contribution in [0, 0.1) is 17.7 Å². The molecule has 1 fully saturated rings.